The first-order valence-corrected chi connectivity index (χ1v) is 8.61. The zero-order chi connectivity index (χ0) is 15.6. The van der Waals surface area contributed by atoms with E-state index >= 15 is 0 Å². The highest BCUT2D eigenvalue weighted by atomic mass is 32.1. The molecule has 3 aromatic rings. The summed E-state index contributed by atoms with van der Waals surface area (Å²) in [5.41, 5.74) is 3.81. The molecule has 1 fully saturated rings. The Balaban J connectivity index is 1.68. The molecule has 1 atom stereocenters. The minimum atomic E-state index is 0.289. The van der Waals surface area contributed by atoms with E-state index in [1.54, 1.807) is 29.9 Å². The lowest BCUT2D eigenvalue weighted by Gasteiger charge is -2.24. The fourth-order valence-electron chi connectivity index (χ4n) is 3.20. The summed E-state index contributed by atoms with van der Waals surface area (Å²) in [6.45, 7) is 2.01. The Morgan fingerprint density at radius 1 is 1.22 bits per heavy atom. The third kappa shape index (κ3) is 2.77. The van der Waals surface area contributed by atoms with Gasteiger partial charge in [-0.25, -0.2) is 9.97 Å². The quantitative estimate of drug-likeness (QED) is 0.738. The van der Waals surface area contributed by atoms with Crippen molar-refractivity contribution in [3.63, 3.8) is 0 Å². The van der Waals surface area contributed by atoms with E-state index in [-0.39, 0.29) is 6.04 Å². The molecule has 1 aliphatic rings. The van der Waals surface area contributed by atoms with Crippen LogP contribution in [0, 0.1) is 0 Å². The molecule has 7 heteroatoms. The first kappa shape index (κ1) is 14.5. The average molecular weight is 326 g/mol. The van der Waals surface area contributed by atoms with E-state index in [4.69, 9.17) is 0 Å². The Kier molecular flexibility index (Phi) is 3.88. The fourth-order valence-corrected chi connectivity index (χ4v) is 3.82. The van der Waals surface area contributed by atoms with E-state index in [1.807, 2.05) is 29.5 Å². The maximum atomic E-state index is 4.67. The van der Waals surface area contributed by atoms with Crippen LogP contribution in [0.4, 0.5) is 0 Å². The molecule has 0 N–H and O–H groups in total. The van der Waals surface area contributed by atoms with Crippen molar-refractivity contribution in [1.29, 1.82) is 0 Å². The van der Waals surface area contributed by atoms with Crippen LogP contribution < -0.4 is 0 Å². The van der Waals surface area contributed by atoms with Crippen LogP contribution in [0.2, 0.25) is 0 Å². The minimum Gasteiger partial charge on any atom is -0.333 e. The Hall–Kier alpha value is -2.12. The van der Waals surface area contributed by atoms with E-state index in [1.165, 1.54) is 11.3 Å². The molecule has 0 radical (unpaired) electrons. The maximum absolute atomic E-state index is 4.67. The summed E-state index contributed by atoms with van der Waals surface area (Å²) in [6.07, 6.45) is 11.5. The summed E-state index contributed by atoms with van der Waals surface area (Å²) in [5, 5.41) is 0. The van der Waals surface area contributed by atoms with Gasteiger partial charge in [-0.2, -0.15) is 0 Å². The van der Waals surface area contributed by atoms with Crippen LogP contribution in [0.25, 0.3) is 11.5 Å². The van der Waals surface area contributed by atoms with Gasteiger partial charge in [0, 0.05) is 49.5 Å². The second-order valence-corrected chi connectivity index (χ2v) is 6.72. The number of rotatable bonds is 4. The molecule has 6 nitrogen and oxygen atoms in total. The van der Waals surface area contributed by atoms with Crippen LogP contribution in [0.5, 0.6) is 0 Å². The molecule has 0 amide bonds. The van der Waals surface area contributed by atoms with Crippen LogP contribution in [0.1, 0.15) is 29.5 Å². The molecule has 0 spiro atoms. The van der Waals surface area contributed by atoms with Crippen LogP contribution in [0.15, 0.2) is 36.5 Å². The van der Waals surface area contributed by atoms with Crippen molar-refractivity contribution in [2.75, 3.05) is 6.54 Å². The second-order valence-electron chi connectivity index (χ2n) is 5.75. The molecule has 4 rings (SSSR count). The molecule has 3 aromatic heterocycles. The molecule has 1 saturated heterocycles. The maximum Gasteiger partial charge on any atom is 0.160 e. The Morgan fingerprint density at radius 2 is 2.13 bits per heavy atom. The summed E-state index contributed by atoms with van der Waals surface area (Å²) in [5.74, 6) is 0.873. The Labute approximate surface area is 138 Å². The fraction of sp³-hybridized carbons (Fsp3) is 0.375. The highest BCUT2D eigenvalue weighted by Gasteiger charge is 2.30. The lowest BCUT2D eigenvalue weighted by atomic mass is 10.1. The van der Waals surface area contributed by atoms with Gasteiger partial charge in [-0.05, 0) is 19.4 Å². The van der Waals surface area contributed by atoms with E-state index in [9.17, 15) is 0 Å². The monoisotopic (exact) mass is 326 g/mol. The molecule has 1 aliphatic heterocycles. The summed E-state index contributed by atoms with van der Waals surface area (Å²) >= 11 is 1.71. The number of aryl methyl sites for hydroxylation is 1. The highest BCUT2D eigenvalue weighted by molar-refractivity contribution is 7.09. The van der Waals surface area contributed by atoms with Gasteiger partial charge in [0.05, 0.1) is 17.2 Å². The molecule has 0 aliphatic carbocycles. The average Bonchev–Trinajstić information content (AvgIpc) is 3.30. The lowest BCUT2D eigenvalue weighted by molar-refractivity contribution is 0.246. The molecule has 0 saturated carbocycles. The van der Waals surface area contributed by atoms with Gasteiger partial charge in [-0.15, -0.1) is 11.3 Å². The lowest BCUT2D eigenvalue weighted by Crippen LogP contribution is -2.24. The number of hydrogen-bond acceptors (Lipinski definition) is 6. The number of imidazole rings is 1. The summed E-state index contributed by atoms with van der Waals surface area (Å²) in [6, 6.07) is 0.289. The van der Waals surface area contributed by atoms with Gasteiger partial charge >= 0.3 is 0 Å². The van der Waals surface area contributed by atoms with Gasteiger partial charge < -0.3 is 4.57 Å². The van der Waals surface area contributed by atoms with Gasteiger partial charge in [0.1, 0.15) is 5.69 Å². The number of likely N-dealkylation sites (tertiary alicyclic amines) is 1. The van der Waals surface area contributed by atoms with Crippen molar-refractivity contribution < 1.29 is 0 Å². The summed E-state index contributed by atoms with van der Waals surface area (Å²) in [4.78, 5) is 21.6. The van der Waals surface area contributed by atoms with Crippen LogP contribution in [-0.2, 0) is 13.6 Å². The molecule has 118 valence electrons. The molecular formula is C16H18N6S. The van der Waals surface area contributed by atoms with Gasteiger partial charge in [0.2, 0.25) is 0 Å². The molecule has 0 bridgehead atoms. The second kappa shape index (κ2) is 6.17. The van der Waals surface area contributed by atoms with Crippen LogP contribution in [0.3, 0.4) is 0 Å². The van der Waals surface area contributed by atoms with E-state index in [2.05, 4.69) is 24.8 Å². The standard InChI is InChI=1S/C16H18N6S/c1-21-8-6-20-16(21)15-14(18-4-5-19-15)13-3-2-7-22(13)10-12-9-17-11-23-12/h4-6,8-9,11,13H,2-3,7,10H2,1H3/t13-/m1/s1. The number of hydrogen-bond donors (Lipinski definition) is 0. The predicted molar refractivity (Wildman–Crippen MR) is 88.7 cm³/mol. The van der Waals surface area contributed by atoms with Gasteiger partial charge in [0.25, 0.3) is 0 Å². The zero-order valence-corrected chi connectivity index (χ0v) is 13.8. The number of thiazole rings is 1. The van der Waals surface area contributed by atoms with Crippen molar-refractivity contribution in [2.24, 2.45) is 7.05 Å². The largest absolute Gasteiger partial charge is 0.333 e. The SMILES string of the molecule is Cn1ccnc1-c1nccnc1[C@H]1CCCN1Cc1cncs1. The number of nitrogens with zero attached hydrogens (tertiary/aromatic N) is 6. The Bertz CT molecular complexity index is 781. The Morgan fingerprint density at radius 3 is 2.91 bits per heavy atom. The zero-order valence-electron chi connectivity index (χ0n) is 13.0. The molecule has 4 heterocycles. The summed E-state index contributed by atoms with van der Waals surface area (Å²) < 4.78 is 2.00. The van der Waals surface area contributed by atoms with E-state index < -0.39 is 0 Å². The smallest absolute Gasteiger partial charge is 0.160 e. The van der Waals surface area contributed by atoms with Crippen molar-refractivity contribution in [1.82, 2.24) is 29.4 Å². The third-order valence-corrected chi connectivity index (χ3v) is 5.05. The van der Waals surface area contributed by atoms with Gasteiger partial charge in [-0.1, -0.05) is 0 Å². The molecule has 0 aromatic carbocycles. The predicted octanol–water partition coefficient (Wildman–Crippen LogP) is 2.67. The third-order valence-electron chi connectivity index (χ3n) is 4.28. The van der Waals surface area contributed by atoms with Crippen molar-refractivity contribution in [2.45, 2.75) is 25.4 Å². The summed E-state index contributed by atoms with van der Waals surface area (Å²) in [7, 11) is 1.99. The molecular weight excluding hydrogens is 308 g/mol. The molecule has 23 heavy (non-hydrogen) atoms. The first-order chi connectivity index (χ1) is 11.3. The molecule has 0 unspecified atom stereocenters. The van der Waals surface area contributed by atoms with Crippen LogP contribution in [-0.4, -0.2) is 35.9 Å². The number of aromatic nitrogens is 5. The van der Waals surface area contributed by atoms with Crippen molar-refractivity contribution >= 4 is 11.3 Å². The van der Waals surface area contributed by atoms with Crippen molar-refractivity contribution in [3.05, 3.63) is 47.1 Å². The van der Waals surface area contributed by atoms with Gasteiger partial charge in [-0.3, -0.25) is 14.9 Å². The van der Waals surface area contributed by atoms with Crippen LogP contribution >= 0.6 is 11.3 Å². The van der Waals surface area contributed by atoms with Gasteiger partial charge in [0.15, 0.2) is 5.82 Å². The van der Waals surface area contributed by atoms with E-state index in [0.29, 0.717) is 0 Å². The normalized spacial score (nSPS) is 18.6. The van der Waals surface area contributed by atoms with Crippen molar-refractivity contribution in [3.8, 4) is 11.5 Å². The highest BCUT2D eigenvalue weighted by Crippen LogP contribution is 2.36. The first-order valence-electron chi connectivity index (χ1n) is 7.73. The van der Waals surface area contributed by atoms with E-state index in [0.717, 1.165) is 36.7 Å². The topological polar surface area (TPSA) is 59.7 Å². The minimum absolute atomic E-state index is 0.289.